The molecule has 0 radical (unpaired) electrons. The molecule has 58 heavy (non-hydrogen) atoms. The average molecular weight is 828 g/mol. The molecule has 3 fully saturated rings. The number of benzene rings is 4. The molecule has 4 aromatic carbocycles. The van der Waals surface area contributed by atoms with Crippen LogP contribution in [0, 0.1) is 29.5 Å². The van der Waals surface area contributed by atoms with E-state index in [0.717, 1.165) is 17.1 Å². The number of halogens is 8. The molecular formula is C41H29ClF7N3O6. The summed E-state index contributed by atoms with van der Waals surface area (Å²) in [6, 6.07) is 15.6. The number of nitrogens with one attached hydrogen (secondary N) is 1. The zero-order chi connectivity index (χ0) is 41.6. The first kappa shape index (κ1) is 38.9. The highest BCUT2D eigenvalue weighted by Crippen LogP contribution is 2.65. The molecule has 17 heteroatoms. The van der Waals surface area contributed by atoms with E-state index in [1.54, 1.807) is 6.08 Å². The highest BCUT2D eigenvalue weighted by Gasteiger charge is 2.71. The van der Waals surface area contributed by atoms with Gasteiger partial charge >= 0.3 is 12.4 Å². The van der Waals surface area contributed by atoms with E-state index in [1.807, 2.05) is 0 Å². The van der Waals surface area contributed by atoms with Crippen molar-refractivity contribution in [2.45, 2.75) is 36.5 Å². The molecule has 4 aromatic rings. The molecule has 4 aliphatic rings. The molecule has 2 aliphatic carbocycles. The van der Waals surface area contributed by atoms with Crippen LogP contribution >= 0.6 is 11.6 Å². The van der Waals surface area contributed by atoms with Crippen LogP contribution in [-0.4, -0.2) is 40.9 Å². The van der Waals surface area contributed by atoms with E-state index in [1.165, 1.54) is 61.7 Å². The van der Waals surface area contributed by atoms with Crippen LogP contribution in [0.5, 0.6) is 11.5 Å². The van der Waals surface area contributed by atoms with Gasteiger partial charge in [0.1, 0.15) is 17.3 Å². The fourth-order valence-corrected chi connectivity index (χ4v) is 9.34. The van der Waals surface area contributed by atoms with Crippen molar-refractivity contribution in [2.24, 2.45) is 23.7 Å². The van der Waals surface area contributed by atoms with E-state index in [2.05, 4.69) is 5.43 Å². The molecule has 4 amide bonds. The monoisotopic (exact) mass is 827 g/mol. The Balaban J connectivity index is 1.32. The standard InChI is InChI=1S/C41H29ClF7N3O6/c1-58-26-10-13-32(53)30(17-26)34-27-11-12-28-33(37(56)51(35(28)54)25-15-20(40(44,45)46)14-21(16-25)41(47,48)49)29(27)18-31-36(55)52(50-24-8-6-23(43)7-9-24)38(57)39(31,34)19-2-4-22(42)5-3-19/h2-11,13-17,28-29,31,33-34,50,53H,12,18H2,1H3. The zero-order valence-corrected chi connectivity index (χ0v) is 30.6. The van der Waals surface area contributed by atoms with Crippen molar-refractivity contribution in [3.05, 3.63) is 130 Å². The van der Waals surface area contributed by atoms with Gasteiger partial charge in [-0.05, 0) is 97.1 Å². The molecule has 8 rings (SSSR count). The number of alkyl halides is 6. The van der Waals surface area contributed by atoms with Crippen LogP contribution < -0.4 is 15.1 Å². The molecule has 2 saturated heterocycles. The van der Waals surface area contributed by atoms with Gasteiger partial charge in [-0.2, -0.15) is 31.4 Å². The summed E-state index contributed by atoms with van der Waals surface area (Å²) in [5.41, 5.74) is -2.69. The van der Waals surface area contributed by atoms with E-state index in [0.29, 0.717) is 22.6 Å². The average Bonchev–Trinajstić information content (AvgIpc) is 3.56. The lowest BCUT2D eigenvalue weighted by molar-refractivity contribution is -0.143. The van der Waals surface area contributed by atoms with Crippen LogP contribution in [0.4, 0.5) is 42.1 Å². The molecule has 2 N–H and O–H groups in total. The number of methoxy groups -OCH3 is 1. The SMILES string of the molecule is COc1ccc(O)c(C2C3=CCC4C(=O)N(c5cc(C(F)(F)F)cc(C(F)(F)F)c5)C(=O)C4C3CC3C(=O)N(Nc4ccc(F)cc4)C(=O)C32c2ccc(Cl)cc2)c1. The summed E-state index contributed by atoms with van der Waals surface area (Å²) in [4.78, 5) is 58.9. The Morgan fingerprint density at radius 2 is 1.45 bits per heavy atom. The Hall–Kier alpha value is -5.90. The largest absolute Gasteiger partial charge is 0.508 e. The summed E-state index contributed by atoms with van der Waals surface area (Å²) in [6.07, 6.45) is -9.49. The number of carbonyl (C=O) groups excluding carboxylic acids is 4. The van der Waals surface area contributed by atoms with Crippen molar-refractivity contribution in [3.8, 4) is 11.5 Å². The molecule has 6 atom stereocenters. The number of hydrazine groups is 1. The molecule has 1 saturated carbocycles. The highest BCUT2D eigenvalue weighted by atomic mass is 35.5. The number of hydrogen-bond acceptors (Lipinski definition) is 7. The second-order valence-electron chi connectivity index (χ2n) is 14.6. The number of rotatable bonds is 6. The summed E-state index contributed by atoms with van der Waals surface area (Å²) >= 11 is 6.29. The minimum Gasteiger partial charge on any atom is -0.508 e. The lowest BCUT2D eigenvalue weighted by atomic mass is 9.49. The van der Waals surface area contributed by atoms with Crippen molar-refractivity contribution < 1.29 is 59.8 Å². The second kappa shape index (κ2) is 13.6. The van der Waals surface area contributed by atoms with Crippen molar-refractivity contribution in [3.63, 3.8) is 0 Å². The fourth-order valence-electron chi connectivity index (χ4n) is 9.21. The van der Waals surface area contributed by atoms with Crippen LogP contribution in [0.15, 0.2) is 96.6 Å². The number of carbonyl (C=O) groups is 4. The Morgan fingerprint density at radius 1 is 0.810 bits per heavy atom. The molecule has 2 aliphatic heterocycles. The quantitative estimate of drug-likeness (QED) is 0.114. The number of aromatic hydroxyl groups is 1. The summed E-state index contributed by atoms with van der Waals surface area (Å²) in [6.45, 7) is 0. The molecule has 0 spiro atoms. The number of amides is 4. The lowest BCUT2D eigenvalue weighted by Crippen LogP contribution is -2.53. The summed E-state index contributed by atoms with van der Waals surface area (Å²) in [5.74, 6) is -10.9. The van der Waals surface area contributed by atoms with Gasteiger partial charge in [-0.15, -0.1) is 0 Å². The van der Waals surface area contributed by atoms with E-state index in [4.69, 9.17) is 16.3 Å². The number of phenols is 1. The maximum Gasteiger partial charge on any atom is 0.416 e. The Bertz CT molecular complexity index is 2390. The van der Waals surface area contributed by atoms with Crippen LogP contribution in [0.25, 0.3) is 0 Å². The number of hydrogen-bond donors (Lipinski definition) is 2. The number of fused-ring (bicyclic) bond motifs is 4. The maximum atomic E-state index is 15.2. The normalized spacial score (nSPS) is 25.7. The van der Waals surface area contributed by atoms with Crippen molar-refractivity contribution in [2.75, 3.05) is 17.4 Å². The summed E-state index contributed by atoms with van der Waals surface area (Å²) < 4.78 is 103. The van der Waals surface area contributed by atoms with Gasteiger partial charge in [0.25, 0.3) is 11.8 Å². The van der Waals surface area contributed by atoms with Crippen molar-refractivity contribution in [1.29, 1.82) is 0 Å². The van der Waals surface area contributed by atoms with E-state index in [9.17, 15) is 50.2 Å². The van der Waals surface area contributed by atoms with E-state index >= 15 is 4.79 Å². The molecule has 0 bridgehead atoms. The zero-order valence-electron chi connectivity index (χ0n) is 29.9. The van der Waals surface area contributed by atoms with Crippen LogP contribution in [0.3, 0.4) is 0 Å². The van der Waals surface area contributed by atoms with Crippen LogP contribution in [-0.2, 0) is 36.9 Å². The Morgan fingerprint density at radius 3 is 2.05 bits per heavy atom. The third-order valence-corrected chi connectivity index (χ3v) is 11.9. The summed E-state index contributed by atoms with van der Waals surface area (Å²) in [7, 11) is 1.36. The van der Waals surface area contributed by atoms with Gasteiger partial charge in [0.15, 0.2) is 0 Å². The van der Waals surface area contributed by atoms with E-state index in [-0.39, 0.29) is 52.2 Å². The first-order valence-corrected chi connectivity index (χ1v) is 18.1. The van der Waals surface area contributed by atoms with Crippen molar-refractivity contribution in [1.82, 2.24) is 5.01 Å². The second-order valence-corrected chi connectivity index (χ2v) is 15.0. The van der Waals surface area contributed by atoms with Crippen LogP contribution in [0.2, 0.25) is 5.02 Å². The fraction of sp³-hybridized carbons (Fsp3) is 0.268. The predicted octanol–water partition coefficient (Wildman–Crippen LogP) is 8.42. The maximum absolute atomic E-state index is 15.2. The minimum absolute atomic E-state index is 0.0832. The lowest BCUT2D eigenvalue weighted by Gasteiger charge is -2.50. The number of imide groups is 2. The molecule has 0 aromatic heterocycles. The highest BCUT2D eigenvalue weighted by molar-refractivity contribution is 6.30. The van der Waals surface area contributed by atoms with Crippen molar-refractivity contribution >= 4 is 46.6 Å². The van der Waals surface area contributed by atoms with Gasteiger partial charge in [-0.1, -0.05) is 35.4 Å². The molecule has 2 heterocycles. The number of anilines is 2. The van der Waals surface area contributed by atoms with Gasteiger partial charge in [0.05, 0.1) is 52.8 Å². The number of nitrogens with zero attached hydrogens (tertiary/aromatic N) is 2. The van der Waals surface area contributed by atoms with Crippen LogP contribution in [0.1, 0.15) is 41.0 Å². The van der Waals surface area contributed by atoms with Gasteiger partial charge in [0.2, 0.25) is 11.8 Å². The van der Waals surface area contributed by atoms with Gasteiger partial charge < -0.3 is 9.84 Å². The predicted molar refractivity (Wildman–Crippen MR) is 193 cm³/mol. The molecule has 6 unspecified atom stereocenters. The number of allylic oxidation sites excluding steroid dienone is 2. The third-order valence-electron chi connectivity index (χ3n) is 11.6. The number of phenolic OH excluding ortho intramolecular Hbond substituents is 1. The molecular weight excluding hydrogens is 799 g/mol. The molecule has 9 nitrogen and oxygen atoms in total. The van der Waals surface area contributed by atoms with Gasteiger partial charge in [-0.25, -0.2) is 9.29 Å². The topological polar surface area (TPSA) is 116 Å². The minimum atomic E-state index is -5.27. The molecule has 300 valence electrons. The third kappa shape index (κ3) is 5.98. The van der Waals surface area contributed by atoms with E-state index < -0.39 is 93.6 Å². The van der Waals surface area contributed by atoms with Gasteiger partial charge in [-0.3, -0.25) is 24.6 Å². The number of ether oxygens (including phenoxy) is 1. The Kier molecular flexibility index (Phi) is 9.14. The Labute approximate surface area is 329 Å². The first-order chi connectivity index (χ1) is 27.4. The summed E-state index contributed by atoms with van der Waals surface area (Å²) in [5, 5.41) is 12.6. The first-order valence-electron chi connectivity index (χ1n) is 17.8. The smallest absolute Gasteiger partial charge is 0.416 e. The van der Waals surface area contributed by atoms with Gasteiger partial charge in [0, 0.05) is 16.5 Å².